The fourth-order valence-corrected chi connectivity index (χ4v) is 1.63. The van der Waals surface area contributed by atoms with Gasteiger partial charge in [-0.05, 0) is 35.7 Å². The number of nitrogens with two attached hydrogens (primary N) is 1. The van der Waals surface area contributed by atoms with Gasteiger partial charge in [0.1, 0.15) is 5.69 Å². The lowest BCUT2D eigenvalue weighted by molar-refractivity contribution is 0.0995. The number of carbonyl (C=O) groups is 1. The van der Waals surface area contributed by atoms with E-state index in [-0.39, 0.29) is 0 Å². The Morgan fingerprint density at radius 2 is 2.00 bits per heavy atom. The van der Waals surface area contributed by atoms with Crippen LogP contribution in [0.4, 0.5) is 0 Å². The predicted octanol–water partition coefficient (Wildman–Crippen LogP) is 2.16. The second-order valence-corrected chi connectivity index (χ2v) is 3.61. The number of nitrogens with zero attached hydrogens (tertiary/aromatic N) is 1. The van der Waals surface area contributed by atoms with Gasteiger partial charge in [0, 0.05) is 6.20 Å². The van der Waals surface area contributed by atoms with E-state index in [0.29, 0.717) is 5.69 Å². The molecular weight excluding hydrogens is 200 g/mol. The summed E-state index contributed by atoms with van der Waals surface area (Å²) in [6, 6.07) is 11.6. The van der Waals surface area contributed by atoms with E-state index < -0.39 is 5.91 Å². The topological polar surface area (TPSA) is 56.0 Å². The SMILES string of the molecule is Cc1ccccc1-c1ccnc(C(N)=O)c1. The lowest BCUT2D eigenvalue weighted by Crippen LogP contribution is -2.12. The molecule has 0 aliphatic carbocycles. The van der Waals surface area contributed by atoms with Crippen molar-refractivity contribution in [2.75, 3.05) is 0 Å². The van der Waals surface area contributed by atoms with Crippen molar-refractivity contribution in [3.05, 3.63) is 53.9 Å². The van der Waals surface area contributed by atoms with Crippen LogP contribution in [0.15, 0.2) is 42.6 Å². The summed E-state index contributed by atoms with van der Waals surface area (Å²) < 4.78 is 0. The number of hydrogen-bond acceptors (Lipinski definition) is 2. The number of pyridine rings is 1. The minimum absolute atomic E-state index is 0.292. The Labute approximate surface area is 93.9 Å². The molecule has 1 heterocycles. The van der Waals surface area contributed by atoms with Crippen LogP contribution in [0.5, 0.6) is 0 Å². The fourth-order valence-electron chi connectivity index (χ4n) is 1.63. The van der Waals surface area contributed by atoms with Crippen LogP contribution in [0.25, 0.3) is 11.1 Å². The number of primary amides is 1. The van der Waals surface area contributed by atoms with Gasteiger partial charge in [-0.25, -0.2) is 0 Å². The summed E-state index contributed by atoms with van der Waals surface area (Å²) >= 11 is 0. The van der Waals surface area contributed by atoms with E-state index in [2.05, 4.69) is 4.98 Å². The normalized spacial score (nSPS) is 10.1. The summed E-state index contributed by atoms with van der Waals surface area (Å²) in [5.74, 6) is -0.504. The second-order valence-electron chi connectivity index (χ2n) is 3.61. The standard InChI is InChI=1S/C13H12N2O/c1-9-4-2-3-5-11(9)10-6-7-15-12(8-10)13(14)16/h2-8H,1H3,(H2,14,16). The molecule has 0 unspecified atom stereocenters. The number of rotatable bonds is 2. The molecule has 0 aliphatic heterocycles. The van der Waals surface area contributed by atoms with Crippen LogP contribution < -0.4 is 5.73 Å². The van der Waals surface area contributed by atoms with E-state index in [0.717, 1.165) is 16.7 Å². The molecule has 0 atom stereocenters. The number of carbonyl (C=O) groups excluding carboxylic acids is 1. The third-order valence-corrected chi connectivity index (χ3v) is 2.47. The highest BCUT2D eigenvalue weighted by Crippen LogP contribution is 2.22. The zero-order valence-electron chi connectivity index (χ0n) is 8.97. The summed E-state index contributed by atoms with van der Waals surface area (Å²) in [4.78, 5) is 14.9. The maximum absolute atomic E-state index is 11.0. The van der Waals surface area contributed by atoms with Gasteiger partial charge in [0.15, 0.2) is 0 Å². The van der Waals surface area contributed by atoms with Crippen molar-refractivity contribution in [3.63, 3.8) is 0 Å². The molecule has 80 valence electrons. The number of amides is 1. The van der Waals surface area contributed by atoms with E-state index in [1.165, 1.54) is 0 Å². The first-order chi connectivity index (χ1) is 7.68. The minimum Gasteiger partial charge on any atom is -0.364 e. The predicted molar refractivity (Wildman–Crippen MR) is 62.9 cm³/mol. The van der Waals surface area contributed by atoms with Crippen molar-refractivity contribution in [1.82, 2.24) is 4.98 Å². The van der Waals surface area contributed by atoms with Gasteiger partial charge in [0.05, 0.1) is 0 Å². The molecule has 0 saturated heterocycles. The van der Waals surface area contributed by atoms with Crippen LogP contribution in [0.2, 0.25) is 0 Å². The van der Waals surface area contributed by atoms with Crippen molar-refractivity contribution in [1.29, 1.82) is 0 Å². The van der Waals surface area contributed by atoms with Crippen molar-refractivity contribution in [2.45, 2.75) is 6.92 Å². The van der Waals surface area contributed by atoms with Gasteiger partial charge in [-0.3, -0.25) is 9.78 Å². The van der Waals surface area contributed by atoms with Gasteiger partial charge in [0.25, 0.3) is 5.91 Å². The average Bonchev–Trinajstić information content (AvgIpc) is 2.30. The van der Waals surface area contributed by atoms with E-state index in [4.69, 9.17) is 5.73 Å². The van der Waals surface area contributed by atoms with Crippen LogP contribution >= 0.6 is 0 Å². The van der Waals surface area contributed by atoms with Crippen LogP contribution in [0.3, 0.4) is 0 Å². The highest BCUT2D eigenvalue weighted by atomic mass is 16.1. The van der Waals surface area contributed by atoms with Gasteiger partial charge < -0.3 is 5.73 Å². The Morgan fingerprint density at radius 3 is 2.69 bits per heavy atom. The number of hydrogen-bond donors (Lipinski definition) is 1. The van der Waals surface area contributed by atoms with Gasteiger partial charge in [-0.2, -0.15) is 0 Å². The third-order valence-electron chi connectivity index (χ3n) is 2.47. The molecule has 16 heavy (non-hydrogen) atoms. The zero-order chi connectivity index (χ0) is 11.5. The monoisotopic (exact) mass is 212 g/mol. The quantitative estimate of drug-likeness (QED) is 0.829. The van der Waals surface area contributed by atoms with Crippen LogP contribution in [-0.2, 0) is 0 Å². The third kappa shape index (κ3) is 1.93. The lowest BCUT2D eigenvalue weighted by Gasteiger charge is -2.05. The molecule has 1 aromatic carbocycles. The number of aryl methyl sites for hydroxylation is 1. The van der Waals surface area contributed by atoms with Gasteiger partial charge in [0.2, 0.25) is 0 Å². The molecule has 0 spiro atoms. The van der Waals surface area contributed by atoms with Gasteiger partial charge >= 0.3 is 0 Å². The van der Waals surface area contributed by atoms with Crippen molar-refractivity contribution >= 4 is 5.91 Å². The Bertz CT molecular complexity index is 535. The molecule has 0 bridgehead atoms. The number of aromatic nitrogens is 1. The summed E-state index contributed by atoms with van der Waals surface area (Å²) in [6.45, 7) is 2.03. The molecule has 2 rings (SSSR count). The molecule has 0 radical (unpaired) electrons. The highest BCUT2D eigenvalue weighted by molar-refractivity contribution is 5.92. The maximum atomic E-state index is 11.0. The Morgan fingerprint density at radius 1 is 1.25 bits per heavy atom. The summed E-state index contributed by atoms with van der Waals surface area (Å²) in [6.07, 6.45) is 1.60. The van der Waals surface area contributed by atoms with Crippen molar-refractivity contribution < 1.29 is 4.79 Å². The lowest BCUT2D eigenvalue weighted by atomic mass is 10.0. The smallest absolute Gasteiger partial charge is 0.267 e. The summed E-state index contributed by atoms with van der Waals surface area (Å²) in [5.41, 5.74) is 8.70. The first kappa shape index (κ1) is 10.4. The van der Waals surface area contributed by atoms with E-state index in [1.807, 2.05) is 37.3 Å². The van der Waals surface area contributed by atoms with Crippen molar-refractivity contribution in [2.24, 2.45) is 5.73 Å². The Balaban J connectivity index is 2.53. The molecule has 1 aromatic heterocycles. The summed E-state index contributed by atoms with van der Waals surface area (Å²) in [7, 11) is 0. The molecule has 0 aliphatic rings. The van der Waals surface area contributed by atoms with E-state index in [1.54, 1.807) is 12.3 Å². The van der Waals surface area contributed by atoms with Crippen LogP contribution in [-0.4, -0.2) is 10.9 Å². The summed E-state index contributed by atoms with van der Waals surface area (Å²) in [5, 5.41) is 0. The van der Waals surface area contributed by atoms with Crippen molar-refractivity contribution in [3.8, 4) is 11.1 Å². The molecule has 0 saturated carbocycles. The maximum Gasteiger partial charge on any atom is 0.267 e. The highest BCUT2D eigenvalue weighted by Gasteiger charge is 2.05. The molecule has 0 fully saturated rings. The molecule has 2 aromatic rings. The van der Waals surface area contributed by atoms with E-state index >= 15 is 0 Å². The first-order valence-corrected chi connectivity index (χ1v) is 5.00. The van der Waals surface area contributed by atoms with E-state index in [9.17, 15) is 4.79 Å². The second kappa shape index (κ2) is 4.14. The average molecular weight is 212 g/mol. The zero-order valence-corrected chi connectivity index (χ0v) is 8.97. The van der Waals surface area contributed by atoms with Crippen LogP contribution in [0.1, 0.15) is 16.1 Å². The van der Waals surface area contributed by atoms with Crippen LogP contribution in [0, 0.1) is 6.92 Å². The number of benzene rings is 1. The first-order valence-electron chi connectivity index (χ1n) is 5.00. The molecule has 1 amide bonds. The minimum atomic E-state index is -0.504. The molecule has 2 N–H and O–H groups in total. The van der Waals surface area contributed by atoms with Gasteiger partial charge in [-0.15, -0.1) is 0 Å². The molecule has 3 heteroatoms. The Kier molecular flexibility index (Phi) is 2.68. The Hall–Kier alpha value is -2.16. The molecule has 3 nitrogen and oxygen atoms in total. The largest absolute Gasteiger partial charge is 0.364 e. The fraction of sp³-hybridized carbons (Fsp3) is 0.0769. The van der Waals surface area contributed by atoms with Gasteiger partial charge in [-0.1, -0.05) is 24.3 Å². The molecular formula is C13H12N2O.